The summed E-state index contributed by atoms with van der Waals surface area (Å²) in [6.07, 6.45) is 0. The van der Waals surface area contributed by atoms with Crippen LogP contribution >= 0.6 is 0 Å². The highest BCUT2D eigenvalue weighted by atomic mass is 16.5. The molecule has 0 amide bonds. The highest BCUT2D eigenvalue weighted by Crippen LogP contribution is 2.32. The maximum absolute atomic E-state index is 12.2. The maximum Gasteiger partial charge on any atom is 0.343 e. The molecule has 3 aromatic rings. The predicted molar refractivity (Wildman–Crippen MR) is 95.2 cm³/mol. The Morgan fingerprint density at radius 3 is 2.20 bits per heavy atom. The highest BCUT2D eigenvalue weighted by Gasteiger charge is 2.11. The van der Waals surface area contributed by atoms with Crippen molar-refractivity contribution in [2.45, 2.75) is 6.61 Å². The fraction of sp³-hybridized carbons (Fsp3) is 0.0952. The zero-order valence-electron chi connectivity index (χ0n) is 13.8. The molecular weight excluding hydrogens is 316 g/mol. The summed E-state index contributed by atoms with van der Waals surface area (Å²) in [5, 5.41) is 0. The largest absolute Gasteiger partial charge is 0.493 e. The van der Waals surface area contributed by atoms with Crippen LogP contribution in [-0.4, -0.2) is 13.1 Å². The molecule has 0 saturated heterocycles. The van der Waals surface area contributed by atoms with E-state index in [4.69, 9.17) is 14.2 Å². The number of methoxy groups -OCH3 is 1. The molecular formula is C21H18O4. The number of hydrogen-bond donors (Lipinski definition) is 0. The summed E-state index contributed by atoms with van der Waals surface area (Å²) in [6.45, 7) is 0.396. The predicted octanol–water partition coefficient (Wildman–Crippen LogP) is 4.49. The maximum atomic E-state index is 12.2. The van der Waals surface area contributed by atoms with Gasteiger partial charge in [-0.2, -0.15) is 0 Å². The molecule has 0 radical (unpaired) electrons. The Morgan fingerprint density at radius 2 is 1.52 bits per heavy atom. The van der Waals surface area contributed by atoms with Crippen LogP contribution in [0.2, 0.25) is 0 Å². The van der Waals surface area contributed by atoms with Gasteiger partial charge in [0.05, 0.1) is 12.7 Å². The third-order valence-electron chi connectivity index (χ3n) is 3.59. The first-order chi connectivity index (χ1) is 12.3. The molecule has 0 aliphatic rings. The van der Waals surface area contributed by atoms with Gasteiger partial charge in [-0.05, 0) is 29.8 Å². The Morgan fingerprint density at radius 1 is 0.840 bits per heavy atom. The molecule has 3 rings (SSSR count). The zero-order valence-corrected chi connectivity index (χ0v) is 13.8. The molecule has 0 heterocycles. The monoisotopic (exact) mass is 334 g/mol. The van der Waals surface area contributed by atoms with Gasteiger partial charge in [-0.1, -0.05) is 48.5 Å². The van der Waals surface area contributed by atoms with E-state index in [0.717, 1.165) is 5.56 Å². The Labute approximate surface area is 146 Å². The van der Waals surface area contributed by atoms with Crippen molar-refractivity contribution in [2.24, 2.45) is 0 Å². The first kappa shape index (κ1) is 16.6. The summed E-state index contributed by atoms with van der Waals surface area (Å²) in [7, 11) is 1.57. The second-order valence-electron chi connectivity index (χ2n) is 5.34. The summed E-state index contributed by atoms with van der Waals surface area (Å²) in [5.41, 5.74) is 1.53. The summed E-state index contributed by atoms with van der Waals surface area (Å²) in [6, 6.07) is 23.7. The Bertz CT molecular complexity index is 829. The van der Waals surface area contributed by atoms with E-state index < -0.39 is 5.97 Å². The number of esters is 1. The summed E-state index contributed by atoms with van der Waals surface area (Å²) >= 11 is 0. The van der Waals surface area contributed by atoms with Gasteiger partial charge >= 0.3 is 5.97 Å². The van der Waals surface area contributed by atoms with E-state index >= 15 is 0 Å². The number of ether oxygens (including phenoxy) is 3. The molecule has 25 heavy (non-hydrogen) atoms. The number of rotatable bonds is 6. The van der Waals surface area contributed by atoms with Gasteiger partial charge in [-0.3, -0.25) is 0 Å². The van der Waals surface area contributed by atoms with Crippen LogP contribution in [0.4, 0.5) is 0 Å². The van der Waals surface area contributed by atoms with Crippen molar-refractivity contribution in [2.75, 3.05) is 7.11 Å². The van der Waals surface area contributed by atoms with Crippen LogP contribution in [0.1, 0.15) is 15.9 Å². The molecule has 0 saturated carbocycles. The van der Waals surface area contributed by atoms with Gasteiger partial charge in [-0.25, -0.2) is 4.79 Å². The number of hydrogen-bond acceptors (Lipinski definition) is 4. The van der Waals surface area contributed by atoms with E-state index in [-0.39, 0.29) is 0 Å². The Kier molecular flexibility index (Phi) is 5.32. The van der Waals surface area contributed by atoms with Crippen molar-refractivity contribution in [1.82, 2.24) is 0 Å². The van der Waals surface area contributed by atoms with E-state index in [9.17, 15) is 4.79 Å². The second-order valence-corrected chi connectivity index (χ2v) is 5.34. The average molecular weight is 334 g/mol. The quantitative estimate of drug-likeness (QED) is 0.492. The lowest BCUT2D eigenvalue weighted by molar-refractivity contribution is 0.0734. The molecule has 4 nitrogen and oxygen atoms in total. The minimum atomic E-state index is -0.417. The summed E-state index contributed by atoms with van der Waals surface area (Å²) in [5.74, 6) is 1.08. The highest BCUT2D eigenvalue weighted by molar-refractivity contribution is 5.91. The lowest BCUT2D eigenvalue weighted by Crippen LogP contribution is -2.08. The van der Waals surface area contributed by atoms with Crippen LogP contribution < -0.4 is 14.2 Å². The molecule has 0 unspecified atom stereocenters. The SMILES string of the molecule is COc1ccc(OC(=O)c2ccccc2)cc1OCc1ccccc1. The third-order valence-corrected chi connectivity index (χ3v) is 3.59. The molecule has 3 aromatic carbocycles. The molecule has 0 N–H and O–H groups in total. The van der Waals surface area contributed by atoms with Crippen LogP contribution in [-0.2, 0) is 6.61 Å². The molecule has 0 atom stereocenters. The molecule has 0 bridgehead atoms. The zero-order chi connectivity index (χ0) is 17.5. The Balaban J connectivity index is 1.74. The van der Waals surface area contributed by atoms with Crippen LogP contribution in [0, 0.1) is 0 Å². The van der Waals surface area contributed by atoms with Crippen LogP contribution in [0.5, 0.6) is 17.2 Å². The standard InChI is InChI=1S/C21H18O4/c1-23-19-13-12-18(25-21(22)17-10-6-3-7-11-17)14-20(19)24-15-16-8-4-2-5-9-16/h2-14H,15H2,1H3. The van der Waals surface area contributed by atoms with Crippen LogP contribution in [0.15, 0.2) is 78.9 Å². The number of benzene rings is 3. The first-order valence-electron chi connectivity index (χ1n) is 7.88. The van der Waals surface area contributed by atoms with Crippen LogP contribution in [0.25, 0.3) is 0 Å². The minimum absolute atomic E-state index is 0.396. The van der Waals surface area contributed by atoms with Gasteiger partial charge in [0.25, 0.3) is 0 Å². The first-order valence-corrected chi connectivity index (χ1v) is 7.88. The van der Waals surface area contributed by atoms with Gasteiger partial charge in [0.1, 0.15) is 12.4 Å². The molecule has 0 aromatic heterocycles. The van der Waals surface area contributed by atoms with Gasteiger partial charge in [0.15, 0.2) is 11.5 Å². The molecule has 0 fully saturated rings. The van der Waals surface area contributed by atoms with E-state index in [2.05, 4.69) is 0 Å². The van der Waals surface area contributed by atoms with Crippen molar-refractivity contribution in [3.05, 3.63) is 90.0 Å². The summed E-state index contributed by atoms with van der Waals surface area (Å²) in [4.78, 5) is 12.2. The average Bonchev–Trinajstić information content (AvgIpc) is 2.68. The van der Waals surface area contributed by atoms with E-state index in [1.807, 2.05) is 36.4 Å². The van der Waals surface area contributed by atoms with Crippen molar-refractivity contribution in [1.29, 1.82) is 0 Å². The fourth-order valence-corrected chi connectivity index (χ4v) is 2.31. The number of carbonyl (C=O) groups excluding carboxylic acids is 1. The van der Waals surface area contributed by atoms with Gasteiger partial charge in [-0.15, -0.1) is 0 Å². The lowest BCUT2D eigenvalue weighted by atomic mass is 10.2. The van der Waals surface area contributed by atoms with Crippen molar-refractivity contribution >= 4 is 5.97 Å². The molecule has 0 spiro atoms. The Hall–Kier alpha value is -3.27. The van der Waals surface area contributed by atoms with Crippen molar-refractivity contribution in [3.63, 3.8) is 0 Å². The van der Waals surface area contributed by atoms with Gasteiger partial charge < -0.3 is 14.2 Å². The van der Waals surface area contributed by atoms with E-state index in [0.29, 0.717) is 29.4 Å². The topological polar surface area (TPSA) is 44.8 Å². The second kappa shape index (κ2) is 8.02. The van der Waals surface area contributed by atoms with Crippen molar-refractivity contribution < 1.29 is 19.0 Å². The molecule has 0 aliphatic heterocycles. The molecule has 126 valence electrons. The number of carbonyl (C=O) groups is 1. The normalized spacial score (nSPS) is 10.1. The third kappa shape index (κ3) is 4.38. The van der Waals surface area contributed by atoms with Gasteiger partial charge in [0, 0.05) is 6.07 Å². The van der Waals surface area contributed by atoms with Crippen LogP contribution in [0.3, 0.4) is 0 Å². The molecule has 4 heteroatoms. The van der Waals surface area contributed by atoms with Gasteiger partial charge in [0.2, 0.25) is 0 Å². The lowest BCUT2D eigenvalue weighted by Gasteiger charge is -2.12. The molecule has 0 aliphatic carbocycles. The van der Waals surface area contributed by atoms with Crippen molar-refractivity contribution in [3.8, 4) is 17.2 Å². The minimum Gasteiger partial charge on any atom is -0.493 e. The summed E-state index contributed by atoms with van der Waals surface area (Å²) < 4.78 is 16.6. The fourth-order valence-electron chi connectivity index (χ4n) is 2.31. The van der Waals surface area contributed by atoms with E-state index in [1.165, 1.54) is 0 Å². The smallest absolute Gasteiger partial charge is 0.343 e. The van der Waals surface area contributed by atoms with E-state index in [1.54, 1.807) is 49.6 Å².